The summed E-state index contributed by atoms with van der Waals surface area (Å²) >= 11 is 3.69. The fourth-order valence-electron chi connectivity index (χ4n) is 5.54. The molecule has 42 heavy (non-hydrogen) atoms. The number of carbonyl (C=O) groups is 2. The summed E-state index contributed by atoms with van der Waals surface area (Å²) in [5.74, 6) is -0.121. The molecule has 1 aliphatic rings. The Kier molecular flexibility index (Phi) is 9.43. The number of pyridine rings is 1. The number of rotatable bonds is 9. The zero-order valence-corrected chi connectivity index (χ0v) is 27.9. The van der Waals surface area contributed by atoms with Crippen LogP contribution in [0.25, 0.3) is 22.2 Å². The van der Waals surface area contributed by atoms with Crippen LogP contribution in [0.15, 0.2) is 34.9 Å². The summed E-state index contributed by atoms with van der Waals surface area (Å²) < 4.78 is 20.2. The number of methoxy groups -OCH3 is 1. The van der Waals surface area contributed by atoms with Crippen LogP contribution in [0, 0.1) is 5.41 Å². The topological polar surface area (TPSA) is 82.9 Å². The second-order valence-electron chi connectivity index (χ2n) is 13.0. The molecule has 1 aliphatic heterocycles. The van der Waals surface area contributed by atoms with Crippen LogP contribution >= 0.6 is 15.9 Å². The number of ether oxygens (including phenoxy) is 3. The molecular weight excluding hydrogens is 598 g/mol. The summed E-state index contributed by atoms with van der Waals surface area (Å²) in [6.07, 6.45) is 2.10. The number of aryl methyl sites for hydroxylation is 1. The molecule has 0 aliphatic carbocycles. The van der Waals surface area contributed by atoms with Gasteiger partial charge in [-0.1, -0.05) is 29.8 Å². The lowest BCUT2D eigenvalue weighted by Crippen LogP contribution is -2.50. The first-order valence-corrected chi connectivity index (χ1v) is 15.4. The Morgan fingerprint density at radius 1 is 1.14 bits per heavy atom. The minimum atomic E-state index is -0.531. The zero-order chi connectivity index (χ0) is 31.0. The van der Waals surface area contributed by atoms with Crippen LogP contribution in [0.4, 0.5) is 4.79 Å². The van der Waals surface area contributed by atoms with Gasteiger partial charge in [-0.25, -0.2) is 4.79 Å². The van der Waals surface area contributed by atoms with Crippen molar-refractivity contribution in [1.82, 2.24) is 14.5 Å². The van der Waals surface area contributed by atoms with Gasteiger partial charge in [0.15, 0.2) is 0 Å². The van der Waals surface area contributed by atoms with Gasteiger partial charge in [-0.2, -0.15) is 0 Å². The van der Waals surface area contributed by atoms with E-state index in [4.69, 9.17) is 19.2 Å². The van der Waals surface area contributed by atoms with Crippen molar-refractivity contribution < 1.29 is 23.8 Å². The first kappa shape index (κ1) is 32.0. The Morgan fingerprint density at radius 2 is 1.83 bits per heavy atom. The average molecular weight is 643 g/mol. The molecule has 1 atom stereocenters. The average Bonchev–Trinajstić information content (AvgIpc) is 3.16. The largest absolute Gasteiger partial charge is 0.465 e. The van der Waals surface area contributed by atoms with Crippen LogP contribution in [0.3, 0.4) is 0 Å². The van der Waals surface area contributed by atoms with Gasteiger partial charge >= 0.3 is 12.1 Å². The summed E-state index contributed by atoms with van der Waals surface area (Å²) in [4.78, 5) is 31.0. The fourth-order valence-corrected chi connectivity index (χ4v) is 5.90. The lowest BCUT2D eigenvalue weighted by molar-refractivity contribution is -0.143. The Labute approximate surface area is 257 Å². The smallest absolute Gasteiger partial charge is 0.410 e. The summed E-state index contributed by atoms with van der Waals surface area (Å²) in [5.41, 5.74) is 5.53. The van der Waals surface area contributed by atoms with E-state index in [9.17, 15) is 9.59 Å². The molecule has 1 amide bonds. The van der Waals surface area contributed by atoms with Crippen molar-refractivity contribution >= 4 is 38.9 Å². The molecule has 0 saturated carbocycles. The Balaban J connectivity index is 1.84. The summed E-state index contributed by atoms with van der Waals surface area (Å²) in [6, 6.07) is 8.62. The maximum Gasteiger partial charge on any atom is 0.410 e. The van der Waals surface area contributed by atoms with E-state index in [0.29, 0.717) is 26.1 Å². The standard InChI is InChI=1S/C33H44BrN3O5/c1-10-37-28-12-11-24(34)14-25(28)27(15-33(7,8)19-41-21(3)38)30(37)26-13-22(16-35-29(26)20(2)40-9)23-17-36(18-23)31(39)42-32(4,5)6/h11-14,16,20,23H,10,15,17-19H2,1-9H3. The van der Waals surface area contributed by atoms with Gasteiger partial charge in [0.25, 0.3) is 0 Å². The van der Waals surface area contributed by atoms with E-state index >= 15 is 0 Å². The number of nitrogens with zero attached hydrogens (tertiary/aromatic N) is 3. The molecule has 1 saturated heterocycles. The predicted octanol–water partition coefficient (Wildman–Crippen LogP) is 7.66. The Morgan fingerprint density at radius 3 is 2.43 bits per heavy atom. The van der Waals surface area contributed by atoms with E-state index in [1.54, 1.807) is 12.0 Å². The fraction of sp³-hybridized carbons (Fsp3) is 0.545. The van der Waals surface area contributed by atoms with Gasteiger partial charge in [0.1, 0.15) is 5.60 Å². The molecule has 2 aromatic heterocycles. The molecule has 8 nitrogen and oxygen atoms in total. The minimum absolute atomic E-state index is 0.160. The highest BCUT2D eigenvalue weighted by Gasteiger charge is 2.36. The monoisotopic (exact) mass is 641 g/mol. The summed E-state index contributed by atoms with van der Waals surface area (Å²) in [6.45, 7) is 17.7. The van der Waals surface area contributed by atoms with E-state index in [1.165, 1.54) is 12.5 Å². The first-order valence-electron chi connectivity index (χ1n) is 14.6. The number of likely N-dealkylation sites (tertiary alicyclic amines) is 1. The normalized spacial score (nSPS) is 15.0. The van der Waals surface area contributed by atoms with Crippen molar-refractivity contribution in [3.63, 3.8) is 0 Å². The molecule has 0 spiro atoms. The number of benzene rings is 1. The third-order valence-electron chi connectivity index (χ3n) is 7.71. The van der Waals surface area contributed by atoms with Crippen molar-refractivity contribution in [3.8, 4) is 11.3 Å². The molecule has 228 valence electrons. The zero-order valence-electron chi connectivity index (χ0n) is 26.3. The van der Waals surface area contributed by atoms with Crippen LogP contribution in [-0.4, -0.2) is 58.9 Å². The molecule has 3 aromatic rings. The number of fused-ring (bicyclic) bond motifs is 1. The third kappa shape index (κ3) is 7.00. The van der Waals surface area contributed by atoms with Crippen LogP contribution in [0.1, 0.15) is 84.2 Å². The molecule has 0 bridgehead atoms. The van der Waals surface area contributed by atoms with Gasteiger partial charge in [-0.05, 0) is 76.4 Å². The molecule has 4 rings (SSSR count). The molecule has 9 heteroatoms. The van der Waals surface area contributed by atoms with Gasteiger partial charge in [0, 0.05) is 72.1 Å². The number of halogens is 1. The van der Waals surface area contributed by atoms with Gasteiger partial charge in [-0.3, -0.25) is 9.78 Å². The SMILES string of the molecule is CCn1c(-c2cc(C3CN(C(=O)OC(C)(C)C)C3)cnc2C(C)OC)c(CC(C)(C)COC(C)=O)c2cc(Br)ccc21. The molecule has 0 N–H and O–H groups in total. The number of carbonyl (C=O) groups excluding carboxylic acids is 2. The lowest BCUT2D eigenvalue weighted by atomic mass is 9.83. The van der Waals surface area contributed by atoms with E-state index in [2.05, 4.69) is 65.5 Å². The number of aromatic nitrogens is 2. The highest BCUT2D eigenvalue weighted by Crippen LogP contribution is 2.42. The van der Waals surface area contributed by atoms with Crippen LogP contribution < -0.4 is 0 Å². The highest BCUT2D eigenvalue weighted by molar-refractivity contribution is 9.10. The molecule has 3 heterocycles. The molecule has 1 fully saturated rings. The maximum atomic E-state index is 12.6. The van der Waals surface area contributed by atoms with Crippen LogP contribution in [0.5, 0.6) is 0 Å². The van der Waals surface area contributed by atoms with Crippen molar-refractivity contribution in [1.29, 1.82) is 0 Å². The van der Waals surface area contributed by atoms with Crippen LogP contribution in [0.2, 0.25) is 0 Å². The summed E-state index contributed by atoms with van der Waals surface area (Å²) in [5, 5.41) is 1.15. The molecule has 1 aromatic carbocycles. The van der Waals surface area contributed by atoms with E-state index < -0.39 is 5.60 Å². The molecule has 1 unspecified atom stereocenters. The Hall–Kier alpha value is -2.91. The van der Waals surface area contributed by atoms with Crippen molar-refractivity contribution in [3.05, 3.63) is 51.8 Å². The van der Waals surface area contributed by atoms with Crippen molar-refractivity contribution in [2.24, 2.45) is 5.41 Å². The van der Waals surface area contributed by atoms with Gasteiger partial charge in [0.05, 0.1) is 24.1 Å². The predicted molar refractivity (Wildman–Crippen MR) is 169 cm³/mol. The lowest BCUT2D eigenvalue weighted by Gasteiger charge is -2.40. The van der Waals surface area contributed by atoms with Crippen molar-refractivity contribution in [2.75, 3.05) is 26.8 Å². The second-order valence-corrected chi connectivity index (χ2v) is 13.9. The minimum Gasteiger partial charge on any atom is -0.465 e. The summed E-state index contributed by atoms with van der Waals surface area (Å²) in [7, 11) is 1.70. The quantitative estimate of drug-likeness (QED) is 0.223. The van der Waals surface area contributed by atoms with E-state index in [0.717, 1.165) is 44.4 Å². The number of esters is 1. The first-order chi connectivity index (χ1) is 19.6. The second kappa shape index (κ2) is 12.4. The molecular formula is C33H44BrN3O5. The third-order valence-corrected chi connectivity index (χ3v) is 8.20. The van der Waals surface area contributed by atoms with Gasteiger partial charge in [0.2, 0.25) is 0 Å². The van der Waals surface area contributed by atoms with Crippen molar-refractivity contribution in [2.45, 2.75) is 86.0 Å². The number of hydrogen-bond donors (Lipinski definition) is 0. The van der Waals surface area contributed by atoms with E-state index in [-0.39, 0.29) is 29.5 Å². The highest BCUT2D eigenvalue weighted by atomic mass is 79.9. The molecule has 0 radical (unpaired) electrons. The number of amides is 1. The van der Waals surface area contributed by atoms with Gasteiger partial charge < -0.3 is 23.7 Å². The van der Waals surface area contributed by atoms with Gasteiger partial charge in [-0.15, -0.1) is 0 Å². The van der Waals surface area contributed by atoms with Crippen LogP contribution in [-0.2, 0) is 32.0 Å². The van der Waals surface area contributed by atoms with E-state index in [1.807, 2.05) is 33.9 Å². The number of hydrogen-bond acceptors (Lipinski definition) is 6. The Bertz CT molecular complexity index is 1470. The maximum absolute atomic E-state index is 12.6.